The number of nitrogens with one attached hydrogen (secondary N) is 2. The van der Waals surface area contributed by atoms with Crippen LogP contribution in [0.25, 0.3) is 0 Å². The van der Waals surface area contributed by atoms with Gasteiger partial charge in [-0.3, -0.25) is 19.7 Å². The third-order valence-corrected chi connectivity index (χ3v) is 5.20. The van der Waals surface area contributed by atoms with Crippen molar-refractivity contribution in [2.24, 2.45) is 0 Å². The smallest absolute Gasteiger partial charge is 0.321 e. The number of aliphatic carboxylic acids is 2. The zero-order valence-corrected chi connectivity index (χ0v) is 18.2. The highest BCUT2D eigenvalue weighted by Gasteiger charge is 2.26. The first-order chi connectivity index (χ1) is 15.5. The van der Waals surface area contributed by atoms with E-state index in [0.29, 0.717) is 19.4 Å². The Morgan fingerprint density at radius 3 is 1.78 bits per heavy atom. The first-order valence-corrected chi connectivity index (χ1v) is 11.0. The molecule has 1 amide bonds. The molecule has 0 saturated carbocycles. The number of unbranched alkanes of at least 4 members (excludes halogenated alkanes) is 3. The van der Waals surface area contributed by atoms with Crippen LogP contribution < -0.4 is 10.6 Å². The summed E-state index contributed by atoms with van der Waals surface area (Å²) in [4.78, 5) is 35.3. The normalized spacial score (nSPS) is 12.6. The Bertz CT molecular complexity index is 842. The molecule has 0 aliphatic heterocycles. The lowest BCUT2D eigenvalue weighted by molar-refractivity contribution is -0.140. The maximum atomic E-state index is 12.9. The number of benzene rings is 2. The van der Waals surface area contributed by atoms with Crippen LogP contribution in [0.5, 0.6) is 0 Å². The van der Waals surface area contributed by atoms with Crippen molar-refractivity contribution in [2.45, 2.75) is 57.0 Å². The first-order valence-electron chi connectivity index (χ1n) is 11.0. The van der Waals surface area contributed by atoms with Crippen LogP contribution in [-0.2, 0) is 27.2 Å². The predicted octanol–water partition coefficient (Wildman–Crippen LogP) is 3.03. The van der Waals surface area contributed by atoms with Crippen LogP contribution >= 0.6 is 0 Å². The van der Waals surface area contributed by atoms with Crippen molar-refractivity contribution in [1.29, 1.82) is 0 Å². The second-order valence-electron chi connectivity index (χ2n) is 7.84. The standard InChI is InChI=1S/C25H32N2O5/c28-23(29)15-9-1-2-10-16-26-24(30)21(17-19-11-5-3-6-12-19)27-22(25(31)32)18-20-13-7-4-8-14-20/h3-8,11-14,21-22,27H,1-2,9-10,15-18H2,(H,26,30)(H,28,29)(H,31,32)/t21-,22-/m0/s1. The van der Waals surface area contributed by atoms with Gasteiger partial charge in [-0.15, -0.1) is 0 Å². The highest BCUT2D eigenvalue weighted by molar-refractivity contribution is 5.83. The molecule has 0 spiro atoms. The van der Waals surface area contributed by atoms with Gasteiger partial charge in [0.1, 0.15) is 6.04 Å². The minimum Gasteiger partial charge on any atom is -0.481 e. The van der Waals surface area contributed by atoms with Crippen LogP contribution in [0.3, 0.4) is 0 Å². The molecule has 0 bridgehead atoms. The van der Waals surface area contributed by atoms with Crippen molar-refractivity contribution in [3.63, 3.8) is 0 Å². The van der Waals surface area contributed by atoms with Crippen LogP contribution in [0.15, 0.2) is 60.7 Å². The number of carbonyl (C=O) groups excluding carboxylic acids is 1. The Kier molecular flexibility index (Phi) is 11.0. The van der Waals surface area contributed by atoms with E-state index in [1.807, 2.05) is 60.7 Å². The Hall–Kier alpha value is -3.19. The second-order valence-corrected chi connectivity index (χ2v) is 7.84. The SMILES string of the molecule is O=C(O)CCCCCCNC(=O)[C@H](Cc1ccccc1)N[C@@H](Cc1ccccc1)C(=O)O. The van der Waals surface area contributed by atoms with Crippen molar-refractivity contribution in [3.05, 3.63) is 71.8 Å². The van der Waals surface area contributed by atoms with Gasteiger partial charge in [0.2, 0.25) is 5.91 Å². The molecule has 4 N–H and O–H groups in total. The average Bonchev–Trinajstić information content (AvgIpc) is 2.78. The molecule has 2 atom stereocenters. The Morgan fingerprint density at radius 1 is 0.719 bits per heavy atom. The quantitative estimate of drug-likeness (QED) is 0.317. The highest BCUT2D eigenvalue weighted by Crippen LogP contribution is 2.09. The van der Waals surface area contributed by atoms with Gasteiger partial charge >= 0.3 is 11.9 Å². The highest BCUT2D eigenvalue weighted by atomic mass is 16.4. The van der Waals surface area contributed by atoms with Crippen LogP contribution in [0.4, 0.5) is 0 Å². The third-order valence-electron chi connectivity index (χ3n) is 5.20. The van der Waals surface area contributed by atoms with E-state index in [2.05, 4.69) is 10.6 Å². The minimum absolute atomic E-state index is 0.160. The number of rotatable bonds is 15. The summed E-state index contributed by atoms with van der Waals surface area (Å²) in [5, 5.41) is 24.3. The molecule has 2 aromatic rings. The molecule has 0 heterocycles. The summed E-state index contributed by atoms with van der Waals surface area (Å²) in [6.07, 6.45) is 3.81. The van der Waals surface area contributed by atoms with E-state index in [1.165, 1.54) is 0 Å². The van der Waals surface area contributed by atoms with E-state index in [4.69, 9.17) is 5.11 Å². The van der Waals surface area contributed by atoms with Crippen molar-refractivity contribution in [2.75, 3.05) is 6.54 Å². The van der Waals surface area contributed by atoms with Crippen LogP contribution in [0.1, 0.15) is 43.2 Å². The van der Waals surface area contributed by atoms with E-state index >= 15 is 0 Å². The summed E-state index contributed by atoms with van der Waals surface area (Å²) in [7, 11) is 0. The van der Waals surface area contributed by atoms with E-state index in [-0.39, 0.29) is 18.7 Å². The molecule has 172 valence electrons. The van der Waals surface area contributed by atoms with Gasteiger partial charge in [0.25, 0.3) is 0 Å². The van der Waals surface area contributed by atoms with Gasteiger partial charge in [-0.1, -0.05) is 73.5 Å². The lowest BCUT2D eigenvalue weighted by Crippen LogP contribution is -2.52. The number of carboxylic acid groups (broad SMARTS) is 2. The van der Waals surface area contributed by atoms with Gasteiger partial charge in [0.15, 0.2) is 0 Å². The lowest BCUT2D eigenvalue weighted by Gasteiger charge is -2.23. The zero-order valence-electron chi connectivity index (χ0n) is 18.2. The number of carbonyl (C=O) groups is 3. The number of hydrogen-bond donors (Lipinski definition) is 4. The summed E-state index contributed by atoms with van der Waals surface area (Å²) >= 11 is 0. The fourth-order valence-corrected chi connectivity index (χ4v) is 3.48. The molecule has 7 nitrogen and oxygen atoms in total. The lowest BCUT2D eigenvalue weighted by atomic mass is 10.0. The molecule has 0 saturated heterocycles. The van der Waals surface area contributed by atoms with Gasteiger partial charge < -0.3 is 15.5 Å². The summed E-state index contributed by atoms with van der Waals surface area (Å²) in [5.74, 6) is -2.03. The molecule has 2 aromatic carbocycles. The summed E-state index contributed by atoms with van der Waals surface area (Å²) < 4.78 is 0. The number of amides is 1. The van der Waals surface area contributed by atoms with Gasteiger partial charge in [0, 0.05) is 13.0 Å². The Morgan fingerprint density at radius 2 is 1.25 bits per heavy atom. The van der Waals surface area contributed by atoms with E-state index in [9.17, 15) is 19.5 Å². The molecule has 0 aromatic heterocycles. The molecule has 0 fully saturated rings. The summed E-state index contributed by atoms with van der Waals surface area (Å²) in [6, 6.07) is 17.3. The van der Waals surface area contributed by atoms with Crippen LogP contribution in [-0.4, -0.2) is 46.7 Å². The van der Waals surface area contributed by atoms with Crippen molar-refractivity contribution >= 4 is 17.8 Å². The molecule has 2 rings (SSSR count). The first kappa shape index (κ1) is 25.1. The van der Waals surface area contributed by atoms with Gasteiger partial charge in [0.05, 0.1) is 6.04 Å². The van der Waals surface area contributed by atoms with Crippen molar-refractivity contribution in [1.82, 2.24) is 10.6 Å². The fourth-order valence-electron chi connectivity index (χ4n) is 3.48. The maximum Gasteiger partial charge on any atom is 0.321 e. The van der Waals surface area contributed by atoms with Gasteiger partial charge in [-0.25, -0.2) is 0 Å². The fraction of sp³-hybridized carbons (Fsp3) is 0.400. The van der Waals surface area contributed by atoms with Crippen molar-refractivity contribution in [3.8, 4) is 0 Å². The molecular weight excluding hydrogens is 408 g/mol. The molecule has 0 unspecified atom stereocenters. The molecule has 0 aliphatic rings. The zero-order chi connectivity index (χ0) is 23.2. The molecular formula is C25H32N2O5. The molecule has 32 heavy (non-hydrogen) atoms. The van der Waals surface area contributed by atoms with Crippen molar-refractivity contribution < 1.29 is 24.6 Å². The summed E-state index contributed by atoms with van der Waals surface area (Å²) in [6.45, 7) is 0.468. The summed E-state index contributed by atoms with van der Waals surface area (Å²) in [5.41, 5.74) is 1.82. The molecule has 0 radical (unpaired) electrons. The average molecular weight is 441 g/mol. The molecule has 0 aliphatic carbocycles. The number of carboxylic acids is 2. The van der Waals surface area contributed by atoms with E-state index in [0.717, 1.165) is 30.4 Å². The second kappa shape index (κ2) is 14.0. The molecule has 7 heteroatoms. The Labute approximate surface area is 188 Å². The largest absolute Gasteiger partial charge is 0.481 e. The van der Waals surface area contributed by atoms with Gasteiger partial charge in [-0.2, -0.15) is 0 Å². The van der Waals surface area contributed by atoms with Gasteiger partial charge in [-0.05, 0) is 36.8 Å². The Balaban J connectivity index is 1.95. The maximum absolute atomic E-state index is 12.9. The minimum atomic E-state index is -1.00. The third kappa shape index (κ3) is 9.75. The van der Waals surface area contributed by atoms with Crippen LogP contribution in [0.2, 0.25) is 0 Å². The van der Waals surface area contributed by atoms with E-state index < -0.39 is 24.0 Å². The van der Waals surface area contributed by atoms with Crippen LogP contribution in [0, 0.1) is 0 Å². The topological polar surface area (TPSA) is 116 Å². The monoisotopic (exact) mass is 440 g/mol. The predicted molar refractivity (Wildman–Crippen MR) is 122 cm³/mol. The number of hydrogen-bond acceptors (Lipinski definition) is 4. The van der Waals surface area contributed by atoms with E-state index in [1.54, 1.807) is 0 Å².